The first-order valence-electron chi connectivity index (χ1n) is 4.61. The van der Waals surface area contributed by atoms with Crippen LogP contribution in [0.4, 0.5) is 0 Å². The van der Waals surface area contributed by atoms with Crippen LogP contribution in [0.25, 0.3) is 0 Å². The predicted molar refractivity (Wildman–Crippen MR) is 54.9 cm³/mol. The Balaban J connectivity index is 3.03. The number of nitriles is 2. The molecule has 0 aliphatic carbocycles. The SMILES string of the molecule is CC(CC#N)C(=O)c1ccccc1C#N. The molecule has 0 saturated heterocycles. The lowest BCUT2D eigenvalue weighted by molar-refractivity contribution is 0.0931. The van der Waals surface area contributed by atoms with Crippen LogP contribution < -0.4 is 0 Å². The van der Waals surface area contributed by atoms with E-state index in [0.29, 0.717) is 11.1 Å². The molecule has 0 amide bonds. The monoisotopic (exact) mass is 198 g/mol. The number of Topliss-reactive ketones (excluding diaryl/α,β-unsaturated/α-hetero) is 1. The third-order valence-electron chi connectivity index (χ3n) is 2.16. The summed E-state index contributed by atoms with van der Waals surface area (Å²) >= 11 is 0. The van der Waals surface area contributed by atoms with Crippen molar-refractivity contribution in [3.05, 3.63) is 35.4 Å². The Morgan fingerprint density at radius 2 is 2.07 bits per heavy atom. The molecule has 1 rings (SSSR count). The van der Waals surface area contributed by atoms with Gasteiger partial charge in [-0.25, -0.2) is 0 Å². The summed E-state index contributed by atoms with van der Waals surface area (Å²) in [6.45, 7) is 1.69. The molecule has 0 bridgehead atoms. The predicted octanol–water partition coefficient (Wildman–Crippen LogP) is 2.29. The minimum absolute atomic E-state index is 0.145. The molecule has 74 valence electrons. The highest BCUT2D eigenvalue weighted by atomic mass is 16.1. The minimum atomic E-state index is -0.357. The van der Waals surface area contributed by atoms with Crippen molar-refractivity contribution in [2.24, 2.45) is 5.92 Å². The van der Waals surface area contributed by atoms with Crippen molar-refractivity contribution < 1.29 is 4.79 Å². The Bertz CT molecular complexity index is 451. The molecule has 0 fully saturated rings. The van der Waals surface area contributed by atoms with Crippen LogP contribution in [0.15, 0.2) is 24.3 Å². The highest BCUT2D eigenvalue weighted by molar-refractivity contribution is 5.99. The molecular weight excluding hydrogens is 188 g/mol. The lowest BCUT2D eigenvalue weighted by Crippen LogP contribution is -2.12. The van der Waals surface area contributed by atoms with Gasteiger partial charge in [-0.05, 0) is 6.07 Å². The van der Waals surface area contributed by atoms with Crippen molar-refractivity contribution in [1.29, 1.82) is 10.5 Å². The standard InChI is InChI=1S/C12H10N2O/c1-9(6-7-13)12(15)11-5-3-2-4-10(11)8-14/h2-5,9H,6H2,1H3. The van der Waals surface area contributed by atoms with E-state index in [9.17, 15) is 4.79 Å². The van der Waals surface area contributed by atoms with Gasteiger partial charge in [0.15, 0.2) is 5.78 Å². The lowest BCUT2D eigenvalue weighted by atomic mass is 9.94. The van der Waals surface area contributed by atoms with E-state index in [4.69, 9.17) is 10.5 Å². The van der Waals surface area contributed by atoms with E-state index in [1.54, 1.807) is 31.2 Å². The molecule has 0 radical (unpaired) electrons. The summed E-state index contributed by atoms with van der Waals surface area (Å²) < 4.78 is 0. The van der Waals surface area contributed by atoms with Gasteiger partial charge in [-0.15, -0.1) is 0 Å². The minimum Gasteiger partial charge on any atom is -0.294 e. The topological polar surface area (TPSA) is 64.7 Å². The van der Waals surface area contributed by atoms with Crippen LogP contribution in [0.1, 0.15) is 29.3 Å². The smallest absolute Gasteiger partial charge is 0.168 e. The fraction of sp³-hybridized carbons (Fsp3) is 0.250. The van der Waals surface area contributed by atoms with Crippen LogP contribution >= 0.6 is 0 Å². The van der Waals surface area contributed by atoms with Crippen molar-refractivity contribution >= 4 is 5.78 Å². The first-order valence-corrected chi connectivity index (χ1v) is 4.61. The maximum absolute atomic E-state index is 11.8. The average Bonchev–Trinajstić information content (AvgIpc) is 2.28. The van der Waals surface area contributed by atoms with E-state index in [2.05, 4.69) is 0 Å². The molecule has 1 atom stereocenters. The van der Waals surface area contributed by atoms with E-state index < -0.39 is 0 Å². The number of hydrogen-bond acceptors (Lipinski definition) is 3. The van der Waals surface area contributed by atoms with Gasteiger partial charge >= 0.3 is 0 Å². The second kappa shape index (κ2) is 4.93. The van der Waals surface area contributed by atoms with E-state index in [-0.39, 0.29) is 18.1 Å². The molecule has 1 aromatic rings. The Morgan fingerprint density at radius 3 is 2.67 bits per heavy atom. The number of ketones is 1. The Kier molecular flexibility index (Phi) is 3.60. The molecule has 15 heavy (non-hydrogen) atoms. The van der Waals surface area contributed by atoms with E-state index >= 15 is 0 Å². The normalized spacial score (nSPS) is 11.1. The van der Waals surface area contributed by atoms with Crippen molar-refractivity contribution in [3.8, 4) is 12.1 Å². The van der Waals surface area contributed by atoms with Crippen LogP contribution in [0.2, 0.25) is 0 Å². The number of nitrogens with zero attached hydrogens (tertiary/aromatic N) is 2. The average molecular weight is 198 g/mol. The fourth-order valence-electron chi connectivity index (χ4n) is 1.29. The van der Waals surface area contributed by atoms with E-state index in [0.717, 1.165) is 0 Å². The lowest BCUT2D eigenvalue weighted by Gasteiger charge is -2.07. The largest absolute Gasteiger partial charge is 0.294 e. The van der Waals surface area contributed by atoms with Gasteiger partial charge in [0.2, 0.25) is 0 Å². The van der Waals surface area contributed by atoms with Gasteiger partial charge in [-0.2, -0.15) is 10.5 Å². The summed E-state index contributed by atoms with van der Waals surface area (Å²) in [5.74, 6) is -0.502. The molecule has 0 aliphatic heterocycles. The van der Waals surface area contributed by atoms with Crippen molar-refractivity contribution in [3.63, 3.8) is 0 Å². The second-order valence-corrected chi connectivity index (χ2v) is 3.28. The zero-order valence-corrected chi connectivity index (χ0v) is 8.40. The summed E-state index contributed by atoms with van der Waals surface area (Å²) in [5.41, 5.74) is 0.773. The van der Waals surface area contributed by atoms with Crippen LogP contribution in [0, 0.1) is 28.6 Å². The van der Waals surface area contributed by atoms with Gasteiger partial charge in [-0.1, -0.05) is 25.1 Å². The van der Waals surface area contributed by atoms with Crippen LogP contribution in [-0.4, -0.2) is 5.78 Å². The van der Waals surface area contributed by atoms with Gasteiger partial charge in [0.1, 0.15) is 0 Å². The maximum Gasteiger partial charge on any atom is 0.168 e. The third-order valence-corrected chi connectivity index (χ3v) is 2.16. The van der Waals surface area contributed by atoms with E-state index in [1.165, 1.54) is 0 Å². The first-order chi connectivity index (χ1) is 7.20. The zero-order chi connectivity index (χ0) is 11.3. The third kappa shape index (κ3) is 2.42. The van der Waals surface area contributed by atoms with Crippen LogP contribution in [-0.2, 0) is 0 Å². The summed E-state index contributed by atoms with van der Waals surface area (Å²) in [6.07, 6.45) is 0.179. The number of benzene rings is 1. The van der Waals surface area contributed by atoms with Gasteiger partial charge in [0, 0.05) is 17.9 Å². The van der Waals surface area contributed by atoms with Crippen molar-refractivity contribution in [2.75, 3.05) is 0 Å². The van der Waals surface area contributed by atoms with Crippen LogP contribution in [0.3, 0.4) is 0 Å². The van der Waals surface area contributed by atoms with Gasteiger partial charge in [0.05, 0.1) is 17.7 Å². The molecule has 3 heteroatoms. The highest BCUT2D eigenvalue weighted by Gasteiger charge is 2.17. The van der Waals surface area contributed by atoms with E-state index in [1.807, 2.05) is 12.1 Å². The van der Waals surface area contributed by atoms with Crippen molar-refractivity contribution in [1.82, 2.24) is 0 Å². The number of rotatable bonds is 3. The first kappa shape index (κ1) is 10.9. The number of carbonyl (C=O) groups excluding carboxylic acids is 1. The molecule has 0 aliphatic rings. The number of hydrogen-bond donors (Lipinski definition) is 0. The zero-order valence-electron chi connectivity index (χ0n) is 8.40. The van der Waals surface area contributed by atoms with Crippen LogP contribution in [0.5, 0.6) is 0 Å². The molecule has 0 spiro atoms. The number of carbonyl (C=O) groups is 1. The summed E-state index contributed by atoms with van der Waals surface area (Å²) in [5, 5.41) is 17.3. The molecule has 0 aromatic heterocycles. The quantitative estimate of drug-likeness (QED) is 0.700. The molecule has 0 heterocycles. The maximum atomic E-state index is 11.8. The fourth-order valence-corrected chi connectivity index (χ4v) is 1.29. The molecular formula is C12H10N2O. The summed E-state index contributed by atoms with van der Waals surface area (Å²) in [6, 6.07) is 10.6. The van der Waals surface area contributed by atoms with Gasteiger partial charge in [-0.3, -0.25) is 4.79 Å². The summed E-state index contributed by atoms with van der Waals surface area (Å²) in [4.78, 5) is 11.8. The molecule has 3 nitrogen and oxygen atoms in total. The highest BCUT2D eigenvalue weighted by Crippen LogP contribution is 2.15. The van der Waals surface area contributed by atoms with Gasteiger partial charge in [0.25, 0.3) is 0 Å². The summed E-state index contributed by atoms with van der Waals surface area (Å²) in [7, 11) is 0. The Morgan fingerprint density at radius 1 is 1.40 bits per heavy atom. The molecule has 0 N–H and O–H groups in total. The molecule has 1 unspecified atom stereocenters. The van der Waals surface area contributed by atoms with Gasteiger partial charge < -0.3 is 0 Å². The van der Waals surface area contributed by atoms with Crippen molar-refractivity contribution in [2.45, 2.75) is 13.3 Å². The Hall–Kier alpha value is -2.13. The second-order valence-electron chi connectivity index (χ2n) is 3.28. The molecule has 0 saturated carbocycles. The molecule has 1 aromatic carbocycles. The Labute approximate surface area is 88.6 Å².